The monoisotopic (exact) mass is 694 g/mol. The Morgan fingerprint density at radius 2 is 1.60 bits per heavy atom. The number of rotatable bonds is 8. The third kappa shape index (κ3) is 8.33. The Hall–Kier alpha value is -3.49. The van der Waals surface area contributed by atoms with Gasteiger partial charge in [-0.1, -0.05) is 24.3 Å². The standard InChI is InChI=1S/C31H35F6N4O5P/c1-20-8-6-7-9-24(20)25-17-27(40-10-12-41(5,13-11-40)19-46-47(43,44)45)38-18-26(25)39(4)28(42)29(2,3)21-14-22(30(32,33)34)16-23(15-21)31(35,36)37/h6-9,14-18H,10-13,19H2,1-5H3,(H-,43,44,45)/i2D3,3D3. The minimum absolute atomic E-state index is 0.0621. The summed E-state index contributed by atoms with van der Waals surface area (Å²) >= 11 is 0. The lowest BCUT2D eigenvalue weighted by molar-refractivity contribution is -0.925. The maximum Gasteiger partial charge on any atom is 0.416 e. The fraction of sp³-hybridized carbons (Fsp3) is 0.419. The van der Waals surface area contributed by atoms with Crippen molar-refractivity contribution in [2.75, 3.05) is 56.8 Å². The number of anilines is 2. The van der Waals surface area contributed by atoms with E-state index in [1.165, 1.54) is 6.07 Å². The van der Waals surface area contributed by atoms with Crippen LogP contribution in [0.5, 0.6) is 0 Å². The number of hydrogen-bond donors (Lipinski definition) is 1. The van der Waals surface area contributed by atoms with Gasteiger partial charge in [-0.3, -0.25) is 13.9 Å². The fourth-order valence-electron chi connectivity index (χ4n) is 5.14. The maximum atomic E-state index is 14.6. The molecule has 4 rings (SSSR count). The lowest BCUT2D eigenvalue weighted by Crippen LogP contribution is -2.58. The van der Waals surface area contributed by atoms with Gasteiger partial charge in [0.25, 0.3) is 7.82 Å². The molecule has 1 amide bonds. The normalized spacial score (nSPS) is 19.3. The molecule has 47 heavy (non-hydrogen) atoms. The van der Waals surface area contributed by atoms with Crippen LogP contribution in [0.1, 0.15) is 44.2 Å². The number of hydrogen-bond acceptors (Lipinski definition) is 6. The van der Waals surface area contributed by atoms with Crippen molar-refractivity contribution in [3.05, 3.63) is 77.0 Å². The number of amides is 1. The van der Waals surface area contributed by atoms with Crippen LogP contribution in [0, 0.1) is 6.92 Å². The van der Waals surface area contributed by atoms with E-state index in [-0.39, 0.29) is 53.8 Å². The molecule has 0 saturated carbocycles. The van der Waals surface area contributed by atoms with Crippen molar-refractivity contribution in [2.45, 2.75) is 38.4 Å². The Labute approximate surface area is 276 Å². The molecule has 1 aliphatic rings. The quantitative estimate of drug-likeness (QED) is 0.182. The van der Waals surface area contributed by atoms with Gasteiger partial charge in [-0.15, -0.1) is 0 Å². The molecule has 1 N–H and O–H groups in total. The SMILES string of the molecule is [2H]C([2H])([2H])C(C(=O)N(C)c1cnc(N2CC[N+](C)(COP(=O)([O-])O)CC2)cc1-c1ccccc1C)(c1cc(C(F)(F)F)cc(C(F)(F)F)c1)C([2H])([2H])[2H]. The molecule has 9 nitrogen and oxygen atoms in total. The van der Waals surface area contributed by atoms with Crippen molar-refractivity contribution in [2.24, 2.45) is 0 Å². The van der Waals surface area contributed by atoms with Crippen LogP contribution in [0.3, 0.4) is 0 Å². The first-order valence-corrected chi connectivity index (χ1v) is 15.4. The molecule has 2 heterocycles. The number of carbonyl (C=O) groups excluding carboxylic acids is 1. The lowest BCUT2D eigenvalue weighted by atomic mass is 9.81. The van der Waals surface area contributed by atoms with Crippen LogP contribution < -0.4 is 14.7 Å². The van der Waals surface area contributed by atoms with E-state index >= 15 is 0 Å². The number of aromatic nitrogens is 1. The molecule has 0 aliphatic carbocycles. The van der Waals surface area contributed by atoms with E-state index in [1.807, 2.05) is 0 Å². The summed E-state index contributed by atoms with van der Waals surface area (Å²) < 4.78 is 149. The summed E-state index contributed by atoms with van der Waals surface area (Å²) in [4.78, 5) is 41.5. The van der Waals surface area contributed by atoms with E-state index in [1.54, 1.807) is 43.1 Å². The van der Waals surface area contributed by atoms with Gasteiger partial charge >= 0.3 is 12.4 Å². The van der Waals surface area contributed by atoms with Gasteiger partial charge in [0.15, 0.2) is 6.73 Å². The molecule has 0 spiro atoms. The molecule has 1 saturated heterocycles. The first kappa shape index (κ1) is 28.5. The Bertz CT molecular complexity index is 1850. The molecule has 1 aliphatic heterocycles. The Morgan fingerprint density at radius 3 is 2.11 bits per heavy atom. The highest BCUT2D eigenvalue weighted by Crippen LogP contribution is 2.41. The predicted molar refractivity (Wildman–Crippen MR) is 161 cm³/mol. The molecule has 16 heteroatoms. The minimum Gasteiger partial charge on any atom is -0.756 e. The number of halogens is 6. The molecular weight excluding hydrogens is 653 g/mol. The summed E-state index contributed by atoms with van der Waals surface area (Å²) in [5, 5.41) is 0. The number of likely N-dealkylation sites (N-methyl/N-ethyl adjacent to an activating group) is 2. The molecule has 1 atom stereocenters. The summed E-state index contributed by atoms with van der Waals surface area (Å²) in [5.41, 5.74) is -8.47. The number of benzene rings is 2. The summed E-state index contributed by atoms with van der Waals surface area (Å²) in [6, 6.07) is 7.71. The molecule has 256 valence electrons. The Kier molecular flexibility index (Phi) is 7.79. The van der Waals surface area contributed by atoms with Crippen LogP contribution in [0.4, 0.5) is 37.8 Å². The lowest BCUT2D eigenvalue weighted by Gasteiger charge is -2.42. The average molecular weight is 695 g/mol. The number of carbonyl (C=O) groups is 1. The second-order valence-electron chi connectivity index (χ2n) is 11.6. The third-order valence-electron chi connectivity index (χ3n) is 7.99. The van der Waals surface area contributed by atoms with Gasteiger partial charge in [0.2, 0.25) is 5.91 Å². The van der Waals surface area contributed by atoms with E-state index in [2.05, 4.69) is 9.51 Å². The fourth-order valence-corrected chi connectivity index (χ4v) is 5.57. The van der Waals surface area contributed by atoms with Gasteiger partial charge < -0.3 is 24.1 Å². The Balaban J connectivity index is 1.91. The second kappa shape index (κ2) is 12.8. The molecular formula is C31H35F6N4O5P. The molecule has 1 unspecified atom stereocenters. The summed E-state index contributed by atoms with van der Waals surface area (Å²) in [6.45, 7) is -5.53. The van der Waals surface area contributed by atoms with Gasteiger partial charge in [-0.2, -0.15) is 26.3 Å². The maximum absolute atomic E-state index is 14.6. The number of quaternary nitrogens is 1. The zero-order chi connectivity index (χ0) is 40.2. The minimum atomic E-state index is -5.49. The molecule has 2 aromatic carbocycles. The highest BCUT2D eigenvalue weighted by Gasteiger charge is 2.41. The van der Waals surface area contributed by atoms with E-state index in [0.29, 0.717) is 34.9 Å². The van der Waals surface area contributed by atoms with Gasteiger partial charge in [0, 0.05) is 20.8 Å². The van der Waals surface area contributed by atoms with Crippen LogP contribution >= 0.6 is 7.82 Å². The Morgan fingerprint density at radius 1 is 1.04 bits per heavy atom. The molecule has 3 aromatic rings. The van der Waals surface area contributed by atoms with Crippen molar-refractivity contribution in [1.29, 1.82) is 0 Å². The number of phosphoric acid groups is 1. The predicted octanol–water partition coefficient (Wildman–Crippen LogP) is 5.74. The zero-order valence-electron chi connectivity index (χ0n) is 31.3. The number of phosphoric ester groups is 1. The van der Waals surface area contributed by atoms with E-state index < -0.39 is 61.9 Å². The summed E-state index contributed by atoms with van der Waals surface area (Å²) in [5.74, 6) is -1.54. The third-order valence-corrected chi connectivity index (χ3v) is 8.43. The number of pyridine rings is 1. The van der Waals surface area contributed by atoms with Crippen molar-refractivity contribution >= 4 is 25.2 Å². The highest BCUT2D eigenvalue weighted by molar-refractivity contribution is 7.44. The first-order chi connectivity index (χ1) is 24.0. The van der Waals surface area contributed by atoms with Crippen LogP contribution in [-0.4, -0.2) is 67.3 Å². The van der Waals surface area contributed by atoms with Crippen LogP contribution in [-0.2, 0) is 31.7 Å². The number of piperazine rings is 1. The van der Waals surface area contributed by atoms with Crippen molar-refractivity contribution in [3.63, 3.8) is 0 Å². The molecule has 1 aromatic heterocycles. The van der Waals surface area contributed by atoms with Crippen molar-refractivity contribution in [1.82, 2.24) is 4.98 Å². The zero-order valence-corrected chi connectivity index (χ0v) is 26.2. The number of aryl methyl sites for hydroxylation is 1. The van der Waals surface area contributed by atoms with E-state index in [9.17, 15) is 40.6 Å². The summed E-state index contributed by atoms with van der Waals surface area (Å²) in [6.07, 6.45) is -9.88. The van der Waals surface area contributed by atoms with E-state index in [4.69, 9.17) is 13.1 Å². The first-order valence-electron chi connectivity index (χ1n) is 16.9. The molecule has 1 fully saturated rings. The van der Waals surface area contributed by atoms with Crippen molar-refractivity contribution in [3.8, 4) is 11.1 Å². The smallest absolute Gasteiger partial charge is 0.416 e. The summed E-state index contributed by atoms with van der Waals surface area (Å²) in [7, 11) is -2.33. The highest BCUT2D eigenvalue weighted by atomic mass is 31.2. The van der Waals surface area contributed by atoms with Crippen molar-refractivity contribution < 1.29 is 62.7 Å². The molecule has 0 radical (unpaired) electrons. The van der Waals surface area contributed by atoms with Gasteiger partial charge in [-0.25, -0.2) is 4.98 Å². The van der Waals surface area contributed by atoms with E-state index in [0.717, 1.165) is 13.2 Å². The van der Waals surface area contributed by atoms with Crippen LogP contribution in [0.2, 0.25) is 0 Å². The van der Waals surface area contributed by atoms with Gasteiger partial charge in [0.1, 0.15) is 5.82 Å². The largest absolute Gasteiger partial charge is 0.756 e. The van der Waals surface area contributed by atoms with Crippen LogP contribution in [0.25, 0.3) is 11.1 Å². The number of alkyl halides is 6. The van der Waals surface area contributed by atoms with Gasteiger partial charge in [0.05, 0.1) is 61.7 Å². The van der Waals surface area contributed by atoms with Crippen LogP contribution in [0.15, 0.2) is 54.7 Å². The average Bonchev–Trinajstić information content (AvgIpc) is 3.01. The second-order valence-corrected chi connectivity index (χ2v) is 12.8. The molecule has 0 bridgehead atoms. The van der Waals surface area contributed by atoms with Gasteiger partial charge in [-0.05, 0) is 61.6 Å². The number of nitrogens with zero attached hydrogens (tertiary/aromatic N) is 4. The topological polar surface area (TPSA) is 106 Å².